The summed E-state index contributed by atoms with van der Waals surface area (Å²) >= 11 is 12.7. The van der Waals surface area contributed by atoms with Gasteiger partial charge in [0.05, 0.1) is 9.36 Å². The van der Waals surface area contributed by atoms with E-state index in [9.17, 15) is 0 Å². The zero-order chi connectivity index (χ0) is 6.85. The number of halogens is 2. The van der Waals surface area contributed by atoms with E-state index in [2.05, 4.69) is 0 Å². The quantitative estimate of drug-likeness (QED) is 0.709. The lowest BCUT2D eigenvalue weighted by atomic mass is 10.5. The number of rotatable bonds is 1. The molecule has 0 radical (unpaired) electrons. The molecule has 1 rings (SSSR count). The molecule has 0 saturated carbocycles. The normalized spacial score (nSPS) is 10.1. The fourth-order valence-electron chi connectivity index (χ4n) is 0.515. The van der Waals surface area contributed by atoms with Crippen molar-refractivity contribution in [3.05, 3.63) is 20.3 Å². The summed E-state index contributed by atoms with van der Waals surface area (Å²) in [5, 5.41) is 0.674. The van der Waals surface area contributed by atoms with Gasteiger partial charge in [0.25, 0.3) is 0 Å². The highest BCUT2D eigenvalue weighted by atomic mass is 35.5. The zero-order valence-electron chi connectivity index (χ0n) is 4.53. The van der Waals surface area contributed by atoms with Crippen LogP contribution in [0, 0.1) is 0 Å². The van der Waals surface area contributed by atoms with Gasteiger partial charge in [0.15, 0.2) is 0 Å². The maximum absolute atomic E-state index is 5.69. The second-order valence-electron chi connectivity index (χ2n) is 1.53. The Labute approximate surface area is 67.4 Å². The third-order valence-electron chi connectivity index (χ3n) is 0.913. The first kappa shape index (κ1) is 7.35. The summed E-state index contributed by atoms with van der Waals surface area (Å²) in [5.41, 5.74) is 5.33. The second kappa shape index (κ2) is 2.88. The van der Waals surface area contributed by atoms with Crippen molar-refractivity contribution in [3.63, 3.8) is 0 Å². The van der Waals surface area contributed by atoms with E-state index in [1.165, 1.54) is 11.3 Å². The van der Waals surface area contributed by atoms with Crippen molar-refractivity contribution >= 4 is 34.5 Å². The highest BCUT2D eigenvalue weighted by molar-refractivity contribution is 7.16. The summed E-state index contributed by atoms with van der Waals surface area (Å²) in [5.74, 6) is 0. The van der Waals surface area contributed by atoms with Crippen molar-refractivity contribution in [1.82, 2.24) is 0 Å². The lowest BCUT2D eigenvalue weighted by molar-refractivity contribution is 1.11. The van der Waals surface area contributed by atoms with Crippen LogP contribution in [0.3, 0.4) is 0 Å². The monoisotopic (exact) mass is 181 g/mol. The molecular formula is C5H5Cl2NS. The molecule has 0 aliphatic carbocycles. The third kappa shape index (κ3) is 1.58. The van der Waals surface area contributed by atoms with Crippen molar-refractivity contribution in [2.45, 2.75) is 6.54 Å². The van der Waals surface area contributed by atoms with Crippen molar-refractivity contribution in [3.8, 4) is 0 Å². The Kier molecular flexibility index (Phi) is 2.35. The van der Waals surface area contributed by atoms with E-state index in [0.717, 1.165) is 4.88 Å². The van der Waals surface area contributed by atoms with E-state index in [4.69, 9.17) is 28.9 Å². The Morgan fingerprint density at radius 1 is 1.56 bits per heavy atom. The fraction of sp³-hybridized carbons (Fsp3) is 0.200. The Hall–Kier alpha value is 0.240. The molecule has 0 aliphatic rings. The van der Waals surface area contributed by atoms with Gasteiger partial charge in [-0.2, -0.15) is 0 Å². The Balaban J connectivity index is 3.01. The molecule has 1 aromatic heterocycles. The van der Waals surface area contributed by atoms with Gasteiger partial charge in [0, 0.05) is 11.4 Å². The zero-order valence-corrected chi connectivity index (χ0v) is 6.85. The molecule has 0 aromatic carbocycles. The molecule has 0 atom stereocenters. The van der Waals surface area contributed by atoms with Crippen LogP contribution in [-0.4, -0.2) is 0 Å². The van der Waals surface area contributed by atoms with Crippen LogP contribution in [0.4, 0.5) is 0 Å². The highest BCUT2D eigenvalue weighted by Crippen LogP contribution is 2.29. The molecule has 9 heavy (non-hydrogen) atoms. The minimum absolute atomic E-state index is 0.468. The smallest absolute Gasteiger partial charge is 0.0947 e. The Morgan fingerprint density at radius 3 is 2.44 bits per heavy atom. The molecule has 1 heterocycles. The van der Waals surface area contributed by atoms with Crippen LogP contribution in [0.1, 0.15) is 4.88 Å². The van der Waals surface area contributed by atoms with Gasteiger partial charge in [-0.25, -0.2) is 0 Å². The van der Waals surface area contributed by atoms with E-state index >= 15 is 0 Å². The molecule has 1 nitrogen and oxygen atoms in total. The average molecular weight is 182 g/mol. The van der Waals surface area contributed by atoms with Gasteiger partial charge in [-0.1, -0.05) is 23.2 Å². The Bertz CT molecular complexity index is 209. The molecule has 0 fully saturated rings. The van der Waals surface area contributed by atoms with Crippen molar-refractivity contribution in [1.29, 1.82) is 0 Å². The summed E-state index contributed by atoms with van der Waals surface area (Å²) in [7, 11) is 0. The van der Waals surface area contributed by atoms with Gasteiger partial charge in [-0.3, -0.25) is 0 Å². The molecule has 4 heteroatoms. The first-order valence-corrected chi connectivity index (χ1v) is 3.95. The number of thiophene rings is 1. The number of nitrogens with two attached hydrogens (primary N) is 1. The van der Waals surface area contributed by atoms with Gasteiger partial charge >= 0.3 is 0 Å². The Morgan fingerprint density at radius 2 is 2.22 bits per heavy atom. The minimum Gasteiger partial charge on any atom is -0.326 e. The summed E-state index contributed by atoms with van der Waals surface area (Å²) in [4.78, 5) is 0.946. The topological polar surface area (TPSA) is 26.0 Å². The van der Waals surface area contributed by atoms with Crippen LogP contribution in [0.15, 0.2) is 6.07 Å². The average Bonchev–Trinajstić information content (AvgIpc) is 2.10. The van der Waals surface area contributed by atoms with Crippen molar-refractivity contribution in [2.75, 3.05) is 0 Å². The third-order valence-corrected chi connectivity index (χ3v) is 2.65. The molecule has 0 aliphatic heterocycles. The lowest BCUT2D eigenvalue weighted by Crippen LogP contribution is -1.92. The first-order chi connectivity index (χ1) is 4.24. The fourth-order valence-corrected chi connectivity index (χ4v) is 1.98. The first-order valence-electron chi connectivity index (χ1n) is 2.38. The van der Waals surface area contributed by atoms with Gasteiger partial charge in [-0.05, 0) is 6.07 Å². The number of hydrogen-bond acceptors (Lipinski definition) is 2. The molecule has 0 spiro atoms. The molecule has 0 bridgehead atoms. The predicted octanol–water partition coefficient (Wildman–Crippen LogP) is 2.51. The van der Waals surface area contributed by atoms with Gasteiger partial charge in [-0.15, -0.1) is 11.3 Å². The molecule has 0 unspecified atom stereocenters. The maximum Gasteiger partial charge on any atom is 0.0947 e. The van der Waals surface area contributed by atoms with Crippen LogP contribution in [0.2, 0.25) is 9.36 Å². The van der Waals surface area contributed by atoms with E-state index < -0.39 is 0 Å². The van der Waals surface area contributed by atoms with E-state index in [1.807, 2.05) is 0 Å². The SMILES string of the molecule is NCc1sc(Cl)cc1Cl. The molecule has 50 valence electrons. The molecule has 2 N–H and O–H groups in total. The van der Waals surface area contributed by atoms with Crippen LogP contribution in [-0.2, 0) is 6.54 Å². The summed E-state index contributed by atoms with van der Waals surface area (Å²) < 4.78 is 0.695. The van der Waals surface area contributed by atoms with E-state index in [1.54, 1.807) is 6.07 Å². The maximum atomic E-state index is 5.69. The molecule has 0 amide bonds. The van der Waals surface area contributed by atoms with Crippen LogP contribution in [0.5, 0.6) is 0 Å². The summed E-state index contributed by atoms with van der Waals surface area (Å²) in [6.45, 7) is 0.468. The van der Waals surface area contributed by atoms with E-state index in [-0.39, 0.29) is 0 Å². The molecule has 1 aromatic rings. The summed E-state index contributed by atoms with van der Waals surface area (Å²) in [6.07, 6.45) is 0. The molecular weight excluding hydrogens is 177 g/mol. The largest absolute Gasteiger partial charge is 0.326 e. The van der Waals surface area contributed by atoms with Crippen LogP contribution >= 0.6 is 34.5 Å². The summed E-state index contributed by atoms with van der Waals surface area (Å²) in [6, 6.07) is 1.70. The van der Waals surface area contributed by atoms with Gasteiger partial charge in [0.2, 0.25) is 0 Å². The number of hydrogen-bond donors (Lipinski definition) is 1. The molecule has 0 saturated heterocycles. The lowest BCUT2D eigenvalue weighted by Gasteiger charge is -1.85. The van der Waals surface area contributed by atoms with Gasteiger partial charge in [0.1, 0.15) is 0 Å². The van der Waals surface area contributed by atoms with Gasteiger partial charge < -0.3 is 5.73 Å². The van der Waals surface area contributed by atoms with Crippen molar-refractivity contribution in [2.24, 2.45) is 5.73 Å². The predicted molar refractivity (Wildman–Crippen MR) is 42.2 cm³/mol. The van der Waals surface area contributed by atoms with E-state index in [0.29, 0.717) is 15.9 Å². The van der Waals surface area contributed by atoms with Crippen LogP contribution < -0.4 is 5.73 Å². The van der Waals surface area contributed by atoms with Crippen molar-refractivity contribution < 1.29 is 0 Å². The highest BCUT2D eigenvalue weighted by Gasteiger charge is 2.01. The van der Waals surface area contributed by atoms with Crippen LogP contribution in [0.25, 0.3) is 0 Å². The second-order valence-corrected chi connectivity index (χ2v) is 3.70. The standard InChI is InChI=1S/C5H5Cl2NS/c6-3-1-5(7)9-4(3)2-8/h1H,2,8H2. The minimum atomic E-state index is 0.468.